The van der Waals surface area contributed by atoms with Crippen molar-refractivity contribution in [3.05, 3.63) is 41.7 Å². The van der Waals surface area contributed by atoms with Crippen molar-refractivity contribution < 1.29 is 4.57 Å². The maximum Gasteiger partial charge on any atom is 0.181 e. The summed E-state index contributed by atoms with van der Waals surface area (Å²) in [4.78, 5) is 0. The molecule has 12 heavy (non-hydrogen) atoms. The van der Waals surface area contributed by atoms with E-state index in [1.165, 1.54) is 16.8 Å². The molecule has 0 radical (unpaired) electrons. The third kappa shape index (κ3) is 1.55. The Morgan fingerprint density at radius 1 is 1.50 bits per heavy atom. The van der Waals surface area contributed by atoms with E-state index < -0.39 is 0 Å². The van der Waals surface area contributed by atoms with Crippen LogP contribution in [-0.4, -0.2) is 0 Å². The number of nitrogens with zero attached hydrogens (tertiary/aromatic N) is 1. The predicted molar refractivity (Wildman–Crippen MR) is 51.0 cm³/mol. The van der Waals surface area contributed by atoms with Gasteiger partial charge in [0.15, 0.2) is 11.9 Å². The second-order valence-corrected chi connectivity index (χ2v) is 3.16. The lowest BCUT2D eigenvalue weighted by atomic mass is 10.1. The van der Waals surface area contributed by atoms with Crippen LogP contribution in [0.4, 0.5) is 0 Å². The van der Waals surface area contributed by atoms with E-state index in [4.69, 9.17) is 0 Å². The van der Waals surface area contributed by atoms with Crippen LogP contribution in [0.5, 0.6) is 0 Å². The number of hydrogen-bond acceptors (Lipinski definition) is 0. The van der Waals surface area contributed by atoms with Gasteiger partial charge in [0.05, 0.1) is 0 Å². The first-order valence-electron chi connectivity index (χ1n) is 4.22. The summed E-state index contributed by atoms with van der Waals surface area (Å²) in [5.74, 6) is 0. The summed E-state index contributed by atoms with van der Waals surface area (Å²) in [6, 6.07) is 2.16. The molecule has 0 N–H and O–H groups in total. The molecule has 1 heterocycles. The molecule has 0 aliphatic carbocycles. The summed E-state index contributed by atoms with van der Waals surface area (Å²) >= 11 is 0. The predicted octanol–water partition coefficient (Wildman–Crippen LogP) is 1.86. The molecule has 0 saturated carbocycles. The molecule has 0 spiro atoms. The Bertz CT molecular complexity index is 300. The summed E-state index contributed by atoms with van der Waals surface area (Å²) in [5.41, 5.74) is 4.08. The lowest BCUT2D eigenvalue weighted by molar-refractivity contribution is -0.678. The third-order valence-electron chi connectivity index (χ3n) is 2.42. The zero-order chi connectivity index (χ0) is 9.14. The number of allylic oxidation sites excluding steroid dienone is 1. The smallest absolute Gasteiger partial charge is 0.181 e. The van der Waals surface area contributed by atoms with Crippen molar-refractivity contribution in [3.8, 4) is 0 Å². The fourth-order valence-corrected chi connectivity index (χ4v) is 1.31. The van der Waals surface area contributed by atoms with Gasteiger partial charge < -0.3 is 0 Å². The van der Waals surface area contributed by atoms with Crippen molar-refractivity contribution in [3.63, 3.8) is 0 Å². The highest BCUT2D eigenvalue weighted by Crippen LogP contribution is 2.09. The minimum atomic E-state index is 0.966. The highest BCUT2D eigenvalue weighted by Gasteiger charge is 2.07. The van der Waals surface area contributed by atoms with E-state index in [2.05, 4.69) is 44.3 Å². The largest absolute Gasteiger partial charge is 0.205 e. The van der Waals surface area contributed by atoms with Gasteiger partial charge in [0.1, 0.15) is 7.05 Å². The normalized spacial score (nSPS) is 9.92. The van der Waals surface area contributed by atoms with Crippen LogP contribution in [0, 0.1) is 13.8 Å². The van der Waals surface area contributed by atoms with Crippen LogP contribution >= 0.6 is 0 Å². The van der Waals surface area contributed by atoms with Crippen LogP contribution in [0.25, 0.3) is 0 Å². The van der Waals surface area contributed by atoms with Crippen LogP contribution in [-0.2, 0) is 13.5 Å². The Labute approximate surface area is 74.4 Å². The number of hydrogen-bond donors (Lipinski definition) is 0. The molecule has 1 nitrogen and oxygen atoms in total. The summed E-state index contributed by atoms with van der Waals surface area (Å²) in [6.07, 6.45) is 5.01. The summed E-state index contributed by atoms with van der Waals surface area (Å²) in [6.45, 7) is 8.04. The number of aromatic nitrogens is 1. The molecule has 0 fully saturated rings. The van der Waals surface area contributed by atoms with Gasteiger partial charge in [-0.25, -0.2) is 4.57 Å². The first-order chi connectivity index (χ1) is 5.66. The Morgan fingerprint density at radius 3 is 2.75 bits per heavy atom. The van der Waals surface area contributed by atoms with Gasteiger partial charge in [-0.05, 0) is 18.9 Å². The lowest BCUT2D eigenvalue weighted by Gasteiger charge is -2.03. The summed E-state index contributed by atoms with van der Waals surface area (Å²) in [7, 11) is 2.07. The Balaban J connectivity index is 3.16. The van der Waals surface area contributed by atoms with Crippen molar-refractivity contribution >= 4 is 0 Å². The number of rotatable bonds is 2. The van der Waals surface area contributed by atoms with Crippen LogP contribution < -0.4 is 4.57 Å². The maximum absolute atomic E-state index is 3.74. The maximum atomic E-state index is 3.74. The topological polar surface area (TPSA) is 3.88 Å². The van der Waals surface area contributed by atoms with Crippen molar-refractivity contribution in [1.29, 1.82) is 0 Å². The van der Waals surface area contributed by atoms with Gasteiger partial charge >= 0.3 is 0 Å². The molecule has 1 rings (SSSR count). The van der Waals surface area contributed by atoms with Crippen molar-refractivity contribution in [1.82, 2.24) is 0 Å². The molecule has 1 heteroatoms. The monoisotopic (exact) mass is 162 g/mol. The highest BCUT2D eigenvalue weighted by atomic mass is 14.9. The summed E-state index contributed by atoms with van der Waals surface area (Å²) in [5, 5.41) is 0. The van der Waals surface area contributed by atoms with E-state index in [0.717, 1.165) is 6.42 Å². The molecule has 0 aliphatic rings. The average molecular weight is 162 g/mol. The Hall–Kier alpha value is -1.11. The molecule has 0 amide bonds. The highest BCUT2D eigenvalue weighted by molar-refractivity contribution is 5.26. The van der Waals surface area contributed by atoms with E-state index in [-0.39, 0.29) is 0 Å². The van der Waals surface area contributed by atoms with Crippen LogP contribution in [0.2, 0.25) is 0 Å². The molecular weight excluding hydrogens is 146 g/mol. The molecule has 1 aromatic heterocycles. The van der Waals surface area contributed by atoms with Crippen molar-refractivity contribution in [2.24, 2.45) is 7.05 Å². The van der Waals surface area contributed by atoms with Gasteiger partial charge in [-0.15, -0.1) is 6.58 Å². The zero-order valence-corrected chi connectivity index (χ0v) is 8.09. The molecular formula is C11H16N+. The van der Waals surface area contributed by atoms with Gasteiger partial charge in [-0.2, -0.15) is 0 Å². The van der Waals surface area contributed by atoms with E-state index >= 15 is 0 Å². The van der Waals surface area contributed by atoms with Crippen LogP contribution in [0.1, 0.15) is 16.8 Å². The van der Waals surface area contributed by atoms with Gasteiger partial charge in [-0.3, -0.25) is 0 Å². The van der Waals surface area contributed by atoms with E-state index in [9.17, 15) is 0 Å². The second-order valence-electron chi connectivity index (χ2n) is 3.16. The van der Waals surface area contributed by atoms with Crippen LogP contribution in [0.3, 0.4) is 0 Å². The van der Waals surface area contributed by atoms with Gasteiger partial charge in [0.25, 0.3) is 0 Å². The number of aryl methyl sites for hydroxylation is 1. The average Bonchev–Trinajstić information content (AvgIpc) is 2.07. The van der Waals surface area contributed by atoms with Crippen molar-refractivity contribution in [2.75, 3.05) is 0 Å². The van der Waals surface area contributed by atoms with E-state index in [1.807, 2.05) is 6.08 Å². The first-order valence-corrected chi connectivity index (χ1v) is 4.22. The third-order valence-corrected chi connectivity index (χ3v) is 2.42. The molecule has 1 aromatic rings. The quantitative estimate of drug-likeness (QED) is 0.461. The Morgan fingerprint density at radius 2 is 2.17 bits per heavy atom. The molecule has 0 unspecified atom stereocenters. The molecule has 0 aliphatic heterocycles. The molecule has 0 atom stereocenters. The fourth-order valence-electron chi connectivity index (χ4n) is 1.31. The fraction of sp³-hybridized carbons (Fsp3) is 0.364. The molecule has 0 bridgehead atoms. The molecule has 0 saturated heterocycles. The minimum Gasteiger partial charge on any atom is -0.205 e. The Kier molecular flexibility index (Phi) is 2.64. The van der Waals surface area contributed by atoms with Gasteiger partial charge in [0, 0.05) is 18.6 Å². The molecule has 0 aromatic carbocycles. The van der Waals surface area contributed by atoms with Crippen LogP contribution in [0.15, 0.2) is 24.9 Å². The first kappa shape index (κ1) is 8.98. The van der Waals surface area contributed by atoms with Crippen molar-refractivity contribution in [2.45, 2.75) is 20.3 Å². The SMILES string of the molecule is C=CCc1cc[n+](C)c(C)c1C. The van der Waals surface area contributed by atoms with E-state index in [1.54, 1.807) is 0 Å². The van der Waals surface area contributed by atoms with Gasteiger partial charge in [0.2, 0.25) is 0 Å². The second kappa shape index (κ2) is 3.53. The minimum absolute atomic E-state index is 0.966. The van der Waals surface area contributed by atoms with E-state index in [0.29, 0.717) is 0 Å². The molecule has 64 valence electrons. The lowest BCUT2D eigenvalue weighted by Crippen LogP contribution is -2.32. The zero-order valence-electron chi connectivity index (χ0n) is 8.09. The van der Waals surface area contributed by atoms with Gasteiger partial charge in [-0.1, -0.05) is 6.08 Å². The standard InChI is InChI=1S/C11H16N/c1-5-6-11-7-8-12(4)10(3)9(11)2/h5,7-8H,1,6H2,2-4H3/q+1. The number of pyridine rings is 1. The summed E-state index contributed by atoms with van der Waals surface area (Å²) < 4.78 is 2.14.